The second-order valence-electron chi connectivity index (χ2n) is 11.1. The summed E-state index contributed by atoms with van der Waals surface area (Å²) in [6.07, 6.45) is -10.5. The molecule has 0 spiro atoms. The minimum Gasteiger partial charge on any atom is -0.504 e. The molecule has 2 aromatic rings. The normalized spacial score (nSPS) is 30.6. The van der Waals surface area contributed by atoms with Crippen molar-refractivity contribution in [1.82, 2.24) is 0 Å². The SMILES string of the molecule is O=C(/C=C/c1ccc(O)c(O)c1)O[C@@H]1C[C@](OC(=O)/C=C/c2ccc(O[C@@H]3O[C@H](CO)[C@@H](O)[C@H](O)[C@H]3O)c(O)c2)(C(=O)O)C[C@@H](O)[C@H]1O. The lowest BCUT2D eigenvalue weighted by molar-refractivity contribution is -0.277. The van der Waals surface area contributed by atoms with Crippen molar-refractivity contribution in [2.75, 3.05) is 6.61 Å². The van der Waals surface area contributed by atoms with Gasteiger partial charge in [0.15, 0.2) is 23.0 Å². The Labute approximate surface area is 271 Å². The van der Waals surface area contributed by atoms with Crippen molar-refractivity contribution >= 4 is 30.1 Å². The van der Waals surface area contributed by atoms with Crippen LogP contribution in [0.3, 0.4) is 0 Å². The molecule has 10 N–H and O–H groups in total. The molecule has 9 atom stereocenters. The number of aliphatic hydroxyl groups is 6. The third-order valence-electron chi connectivity index (χ3n) is 7.70. The second kappa shape index (κ2) is 15.0. The number of benzene rings is 2. The topological polar surface area (TPSA) is 290 Å². The lowest BCUT2D eigenvalue weighted by Gasteiger charge is -2.41. The molecule has 48 heavy (non-hydrogen) atoms. The molecule has 2 aliphatic rings. The van der Waals surface area contributed by atoms with Gasteiger partial charge in [-0.2, -0.15) is 0 Å². The van der Waals surface area contributed by atoms with Crippen molar-refractivity contribution in [1.29, 1.82) is 0 Å². The molecule has 1 aliphatic heterocycles. The quantitative estimate of drug-likeness (QED) is 0.0777. The molecule has 2 fully saturated rings. The summed E-state index contributed by atoms with van der Waals surface area (Å²) >= 11 is 0. The van der Waals surface area contributed by atoms with E-state index in [2.05, 4.69) is 0 Å². The van der Waals surface area contributed by atoms with E-state index in [-0.39, 0.29) is 22.6 Å². The number of phenols is 3. The number of ether oxygens (including phenoxy) is 4. The summed E-state index contributed by atoms with van der Waals surface area (Å²) in [6, 6.07) is 7.34. The van der Waals surface area contributed by atoms with E-state index < -0.39 is 103 Å². The highest BCUT2D eigenvalue weighted by Gasteiger charge is 2.54. The summed E-state index contributed by atoms with van der Waals surface area (Å²) in [5.74, 6) is -5.57. The largest absolute Gasteiger partial charge is 0.504 e. The van der Waals surface area contributed by atoms with Crippen molar-refractivity contribution in [3.63, 3.8) is 0 Å². The molecular formula is C31H34O17. The molecule has 1 saturated carbocycles. The summed E-state index contributed by atoms with van der Waals surface area (Å²) in [7, 11) is 0. The number of hydrogen-bond donors (Lipinski definition) is 10. The molecule has 1 aliphatic carbocycles. The first kappa shape index (κ1) is 36.1. The van der Waals surface area contributed by atoms with Gasteiger partial charge < -0.3 is 70.0 Å². The van der Waals surface area contributed by atoms with Gasteiger partial charge >= 0.3 is 17.9 Å². The molecule has 17 heteroatoms. The van der Waals surface area contributed by atoms with E-state index in [1.54, 1.807) is 0 Å². The third kappa shape index (κ3) is 8.20. The maximum absolute atomic E-state index is 12.7. The molecule has 2 aromatic carbocycles. The maximum atomic E-state index is 12.7. The number of carbonyl (C=O) groups excluding carboxylic acids is 2. The molecule has 260 valence electrons. The average Bonchev–Trinajstić information content (AvgIpc) is 3.04. The van der Waals surface area contributed by atoms with Crippen LogP contribution in [-0.2, 0) is 28.6 Å². The van der Waals surface area contributed by atoms with E-state index in [9.17, 15) is 65.4 Å². The van der Waals surface area contributed by atoms with Crippen LogP contribution in [0.5, 0.6) is 23.0 Å². The fourth-order valence-electron chi connectivity index (χ4n) is 5.06. The van der Waals surface area contributed by atoms with Gasteiger partial charge in [-0.3, -0.25) is 0 Å². The van der Waals surface area contributed by atoms with E-state index in [4.69, 9.17) is 18.9 Å². The molecular weight excluding hydrogens is 644 g/mol. The predicted molar refractivity (Wildman–Crippen MR) is 158 cm³/mol. The van der Waals surface area contributed by atoms with E-state index >= 15 is 0 Å². The number of rotatable bonds is 10. The summed E-state index contributed by atoms with van der Waals surface area (Å²) < 4.78 is 21.0. The molecule has 1 saturated heterocycles. The minimum atomic E-state index is -2.43. The van der Waals surface area contributed by atoms with Crippen molar-refractivity contribution in [2.24, 2.45) is 0 Å². The van der Waals surface area contributed by atoms with Crippen LogP contribution in [0.1, 0.15) is 24.0 Å². The Kier molecular flexibility index (Phi) is 11.3. The van der Waals surface area contributed by atoms with Crippen LogP contribution in [0.25, 0.3) is 12.2 Å². The van der Waals surface area contributed by atoms with Crippen molar-refractivity contribution < 1.29 is 84.4 Å². The number of carboxylic acids is 1. The maximum Gasteiger partial charge on any atom is 0.348 e. The predicted octanol–water partition coefficient (Wildman–Crippen LogP) is -1.50. The number of hydrogen-bond acceptors (Lipinski definition) is 16. The number of phenolic OH excluding ortho intramolecular Hbond substituents is 3. The molecule has 0 radical (unpaired) electrons. The zero-order valence-electron chi connectivity index (χ0n) is 24.8. The Morgan fingerprint density at radius 1 is 0.792 bits per heavy atom. The monoisotopic (exact) mass is 678 g/mol. The van der Waals surface area contributed by atoms with E-state index in [0.29, 0.717) is 0 Å². The fourth-order valence-corrected chi connectivity index (χ4v) is 5.06. The highest BCUT2D eigenvalue weighted by atomic mass is 16.7. The van der Waals surface area contributed by atoms with Gasteiger partial charge in [0.05, 0.1) is 12.7 Å². The van der Waals surface area contributed by atoms with E-state index in [0.717, 1.165) is 30.4 Å². The highest BCUT2D eigenvalue weighted by Crippen LogP contribution is 2.36. The Morgan fingerprint density at radius 3 is 2.02 bits per heavy atom. The van der Waals surface area contributed by atoms with Gasteiger partial charge in [0.25, 0.3) is 0 Å². The van der Waals surface area contributed by atoms with Gasteiger partial charge in [-0.05, 0) is 47.5 Å². The van der Waals surface area contributed by atoms with Gasteiger partial charge in [0.2, 0.25) is 11.9 Å². The van der Waals surface area contributed by atoms with Gasteiger partial charge in [-0.1, -0.05) is 12.1 Å². The van der Waals surface area contributed by atoms with Crippen molar-refractivity contribution in [3.05, 3.63) is 59.7 Å². The number of esters is 2. The number of aliphatic carboxylic acids is 1. The lowest BCUT2D eigenvalue weighted by atomic mass is 9.79. The second-order valence-corrected chi connectivity index (χ2v) is 11.1. The van der Waals surface area contributed by atoms with Crippen molar-refractivity contribution in [2.45, 2.75) is 67.5 Å². The van der Waals surface area contributed by atoms with Crippen LogP contribution in [0.15, 0.2) is 48.6 Å². The van der Waals surface area contributed by atoms with Gasteiger partial charge in [-0.25, -0.2) is 14.4 Å². The smallest absolute Gasteiger partial charge is 0.348 e. The van der Waals surface area contributed by atoms with E-state index in [1.807, 2.05) is 0 Å². The zero-order valence-corrected chi connectivity index (χ0v) is 24.8. The molecule has 0 amide bonds. The molecule has 0 unspecified atom stereocenters. The number of aliphatic hydroxyl groups excluding tert-OH is 6. The van der Waals surface area contributed by atoms with E-state index in [1.165, 1.54) is 30.3 Å². The first-order chi connectivity index (χ1) is 22.6. The number of aromatic hydroxyl groups is 3. The van der Waals surface area contributed by atoms with Crippen LogP contribution in [0.2, 0.25) is 0 Å². The summed E-state index contributed by atoms with van der Waals surface area (Å²) in [5, 5.41) is 99.4. The Balaban J connectivity index is 1.41. The zero-order chi connectivity index (χ0) is 35.3. The Bertz CT molecular complexity index is 1550. The number of carbonyl (C=O) groups is 3. The summed E-state index contributed by atoms with van der Waals surface area (Å²) in [5.41, 5.74) is -1.96. The summed E-state index contributed by atoms with van der Waals surface area (Å²) in [4.78, 5) is 37.4. The third-order valence-corrected chi connectivity index (χ3v) is 7.70. The Morgan fingerprint density at radius 2 is 1.42 bits per heavy atom. The van der Waals surface area contributed by atoms with Gasteiger partial charge in [0, 0.05) is 25.0 Å². The Hall–Kier alpha value is -4.75. The minimum absolute atomic E-state index is 0.176. The number of carboxylic acid groups (broad SMARTS) is 1. The lowest BCUT2D eigenvalue weighted by Crippen LogP contribution is -2.60. The van der Waals surface area contributed by atoms with Gasteiger partial charge in [-0.15, -0.1) is 0 Å². The molecule has 1 heterocycles. The molecule has 17 nitrogen and oxygen atoms in total. The van der Waals surface area contributed by atoms with Crippen LogP contribution in [-0.4, -0.2) is 130 Å². The fraction of sp³-hybridized carbons (Fsp3) is 0.387. The summed E-state index contributed by atoms with van der Waals surface area (Å²) in [6.45, 7) is -0.697. The van der Waals surface area contributed by atoms with Crippen LogP contribution in [0.4, 0.5) is 0 Å². The van der Waals surface area contributed by atoms with Crippen LogP contribution in [0, 0.1) is 0 Å². The first-order valence-electron chi connectivity index (χ1n) is 14.4. The van der Waals surface area contributed by atoms with Crippen LogP contribution < -0.4 is 4.74 Å². The van der Waals surface area contributed by atoms with Gasteiger partial charge in [0.1, 0.15) is 36.6 Å². The molecule has 0 bridgehead atoms. The first-order valence-corrected chi connectivity index (χ1v) is 14.4. The van der Waals surface area contributed by atoms with Crippen LogP contribution >= 0.6 is 0 Å². The highest BCUT2D eigenvalue weighted by molar-refractivity contribution is 5.91. The van der Waals surface area contributed by atoms with Crippen molar-refractivity contribution in [3.8, 4) is 23.0 Å². The molecule has 0 aromatic heterocycles. The molecule has 4 rings (SSSR count). The average molecular weight is 679 g/mol. The standard InChI is InChI=1S/C31H34O17/c32-13-22-26(40)27(41)28(42)29(47-22)46-20-6-2-15(10-18(20)35)4-8-24(38)48-31(30(43)44)11-19(36)25(39)21(12-31)45-23(37)7-3-14-1-5-16(33)17(34)9-14/h1-10,19,21-22,25-29,32-36,39-42H,11-13H2,(H,43,44)/b7-3+,8-4+/t19-,21-,22-,25-,26-,27+,28-,29-,31+/m1/s1.